The summed E-state index contributed by atoms with van der Waals surface area (Å²) in [5.74, 6) is -5.05. The number of hydrogen-bond acceptors (Lipinski definition) is 5. The standard InChI is InChI=1S/C25H30N4O3S.C3H5F2NO/c1-2-33(31,32)29-9-6-17(7-10-29)23-15-28-24-21(23)12-19(13-22(24)25(26)30)18-4-3-16-5-8-27-14-20(16)11-18;1-3(4,5)2(6)7/h3-4,11-13,15,17,27-28H,2,5-10,14H2,1H3,(H2,26,30);1H3,(H2,6,7). The summed E-state index contributed by atoms with van der Waals surface area (Å²) in [6.07, 6.45) is 4.50. The summed E-state index contributed by atoms with van der Waals surface area (Å²) in [6.45, 7) is 5.03. The Morgan fingerprint density at radius 2 is 1.75 bits per heavy atom. The summed E-state index contributed by atoms with van der Waals surface area (Å²) < 4.78 is 48.8. The van der Waals surface area contributed by atoms with E-state index in [1.54, 1.807) is 11.2 Å². The molecule has 0 radical (unpaired) electrons. The molecule has 3 heterocycles. The van der Waals surface area contributed by atoms with E-state index in [0.29, 0.717) is 25.6 Å². The Morgan fingerprint density at radius 3 is 2.35 bits per heavy atom. The van der Waals surface area contributed by atoms with Crippen LogP contribution in [0.4, 0.5) is 8.78 Å². The first kappa shape index (κ1) is 29.6. The van der Waals surface area contributed by atoms with Crippen molar-refractivity contribution in [2.24, 2.45) is 11.5 Å². The van der Waals surface area contributed by atoms with Crippen molar-refractivity contribution < 1.29 is 26.8 Å². The predicted octanol–water partition coefficient (Wildman–Crippen LogP) is 3.24. The molecule has 2 aliphatic heterocycles. The van der Waals surface area contributed by atoms with Crippen molar-refractivity contribution >= 4 is 32.7 Å². The number of rotatable bonds is 6. The zero-order chi connectivity index (χ0) is 29.2. The normalized spacial score (nSPS) is 16.7. The van der Waals surface area contributed by atoms with Gasteiger partial charge in [-0.2, -0.15) is 8.78 Å². The van der Waals surface area contributed by atoms with Gasteiger partial charge in [-0.1, -0.05) is 12.1 Å². The largest absolute Gasteiger partial charge is 0.366 e. The second kappa shape index (κ2) is 11.6. The van der Waals surface area contributed by atoms with Crippen molar-refractivity contribution in [3.63, 3.8) is 0 Å². The molecule has 0 bridgehead atoms. The third-order valence-electron chi connectivity index (χ3n) is 7.60. The SMILES string of the molecule is CC(F)(F)C(N)=O.CCS(=O)(=O)N1CCC(c2c[nH]c3c(C(N)=O)cc(-c4ccc5c(c4)CNCC5)cc23)CC1. The number of piperidine rings is 1. The van der Waals surface area contributed by atoms with Gasteiger partial charge in [0.1, 0.15) is 0 Å². The second-order valence-corrected chi connectivity index (χ2v) is 12.5. The van der Waals surface area contributed by atoms with Gasteiger partial charge >= 0.3 is 5.92 Å². The molecule has 2 aromatic carbocycles. The molecule has 0 saturated carbocycles. The van der Waals surface area contributed by atoms with Gasteiger partial charge in [0.05, 0.1) is 16.8 Å². The van der Waals surface area contributed by atoms with Crippen LogP contribution in [-0.2, 0) is 27.8 Å². The van der Waals surface area contributed by atoms with E-state index in [0.717, 1.165) is 59.9 Å². The van der Waals surface area contributed by atoms with Crippen molar-refractivity contribution in [3.8, 4) is 11.1 Å². The second-order valence-electron chi connectivity index (χ2n) is 10.3. The number of aromatic amines is 1. The Morgan fingerprint density at radius 1 is 1.07 bits per heavy atom. The fraction of sp³-hybridized carbons (Fsp3) is 0.429. The lowest BCUT2D eigenvalue weighted by molar-refractivity contribution is -0.139. The van der Waals surface area contributed by atoms with Crippen LogP contribution in [0.2, 0.25) is 0 Å². The number of carbonyl (C=O) groups is 2. The Kier molecular flexibility index (Phi) is 8.62. The molecule has 6 N–H and O–H groups in total. The van der Waals surface area contributed by atoms with Crippen LogP contribution in [0.15, 0.2) is 36.5 Å². The van der Waals surface area contributed by atoms with Crippen LogP contribution < -0.4 is 16.8 Å². The monoisotopic (exact) mass is 575 g/mol. The maximum Gasteiger partial charge on any atom is 0.321 e. The van der Waals surface area contributed by atoms with E-state index < -0.39 is 27.8 Å². The lowest BCUT2D eigenvalue weighted by Crippen LogP contribution is -2.38. The number of nitrogens with one attached hydrogen (secondary N) is 2. The molecule has 1 fully saturated rings. The van der Waals surface area contributed by atoms with E-state index in [1.165, 1.54) is 11.1 Å². The molecule has 3 aromatic rings. The van der Waals surface area contributed by atoms with Gasteiger partial charge in [-0.05, 0) is 84.7 Å². The summed E-state index contributed by atoms with van der Waals surface area (Å²) in [6, 6.07) is 10.5. The average molecular weight is 576 g/mol. The summed E-state index contributed by atoms with van der Waals surface area (Å²) in [4.78, 5) is 25.1. The maximum atomic E-state index is 12.3. The van der Waals surface area contributed by atoms with E-state index in [1.807, 2.05) is 12.3 Å². The van der Waals surface area contributed by atoms with Crippen molar-refractivity contribution in [3.05, 3.63) is 58.8 Å². The fourth-order valence-electron chi connectivity index (χ4n) is 5.24. The number of benzene rings is 2. The van der Waals surface area contributed by atoms with Gasteiger partial charge < -0.3 is 21.8 Å². The van der Waals surface area contributed by atoms with E-state index in [4.69, 9.17) is 5.73 Å². The quantitative estimate of drug-likeness (QED) is 0.356. The highest BCUT2D eigenvalue weighted by Crippen LogP contribution is 2.37. The molecule has 2 amide bonds. The van der Waals surface area contributed by atoms with Gasteiger partial charge in [0.25, 0.3) is 11.8 Å². The molecule has 0 aliphatic carbocycles. The number of nitrogens with two attached hydrogens (primary N) is 2. The number of primary amides is 2. The number of aromatic nitrogens is 1. The zero-order valence-electron chi connectivity index (χ0n) is 22.6. The molecule has 12 heteroatoms. The lowest BCUT2D eigenvalue weighted by Gasteiger charge is -2.31. The molecule has 1 aromatic heterocycles. The van der Waals surface area contributed by atoms with E-state index in [-0.39, 0.29) is 11.7 Å². The van der Waals surface area contributed by atoms with Crippen LogP contribution in [0.1, 0.15) is 59.7 Å². The summed E-state index contributed by atoms with van der Waals surface area (Å²) in [5, 5.41) is 4.41. The molecule has 9 nitrogen and oxygen atoms in total. The van der Waals surface area contributed by atoms with Crippen LogP contribution in [0, 0.1) is 0 Å². The molecular formula is C28H35F2N5O4S. The van der Waals surface area contributed by atoms with Gasteiger partial charge in [0, 0.05) is 38.1 Å². The van der Waals surface area contributed by atoms with Gasteiger partial charge in [-0.15, -0.1) is 0 Å². The lowest BCUT2D eigenvalue weighted by atomic mass is 9.88. The van der Waals surface area contributed by atoms with E-state index in [2.05, 4.69) is 40.3 Å². The van der Waals surface area contributed by atoms with Crippen molar-refractivity contribution in [1.82, 2.24) is 14.6 Å². The molecule has 0 spiro atoms. The van der Waals surface area contributed by atoms with E-state index >= 15 is 0 Å². The Labute approximate surface area is 232 Å². The van der Waals surface area contributed by atoms with Crippen LogP contribution in [-0.4, -0.2) is 60.8 Å². The first-order chi connectivity index (χ1) is 18.8. The minimum absolute atomic E-state index is 0.131. The number of H-pyrrole nitrogens is 1. The van der Waals surface area contributed by atoms with Gasteiger partial charge in [-0.3, -0.25) is 9.59 Å². The minimum Gasteiger partial charge on any atom is -0.366 e. The molecule has 2 aliphatic rings. The number of sulfonamides is 1. The third-order valence-corrected chi connectivity index (χ3v) is 9.48. The number of carbonyl (C=O) groups excluding carboxylic acids is 2. The topological polar surface area (TPSA) is 151 Å². The number of halogens is 2. The predicted molar refractivity (Wildman–Crippen MR) is 150 cm³/mol. The molecule has 1 saturated heterocycles. The highest BCUT2D eigenvalue weighted by Gasteiger charge is 2.30. The molecule has 216 valence electrons. The highest BCUT2D eigenvalue weighted by molar-refractivity contribution is 7.89. The van der Waals surface area contributed by atoms with Crippen molar-refractivity contribution in [2.45, 2.75) is 51.5 Å². The number of alkyl halides is 2. The first-order valence-corrected chi connectivity index (χ1v) is 14.9. The molecule has 40 heavy (non-hydrogen) atoms. The van der Waals surface area contributed by atoms with Crippen LogP contribution in [0.5, 0.6) is 0 Å². The first-order valence-electron chi connectivity index (χ1n) is 13.2. The molecule has 0 atom stereocenters. The van der Waals surface area contributed by atoms with Crippen molar-refractivity contribution in [1.29, 1.82) is 0 Å². The fourth-order valence-corrected chi connectivity index (χ4v) is 6.37. The Bertz CT molecular complexity index is 1520. The average Bonchev–Trinajstić information content (AvgIpc) is 3.36. The molecule has 0 unspecified atom stereocenters. The third kappa shape index (κ3) is 6.34. The Hall–Kier alpha value is -3.35. The van der Waals surface area contributed by atoms with Crippen molar-refractivity contribution in [2.75, 3.05) is 25.4 Å². The van der Waals surface area contributed by atoms with Gasteiger partial charge in [0.15, 0.2) is 0 Å². The van der Waals surface area contributed by atoms with Crippen LogP contribution >= 0.6 is 0 Å². The zero-order valence-corrected chi connectivity index (χ0v) is 23.4. The highest BCUT2D eigenvalue weighted by atomic mass is 32.2. The van der Waals surface area contributed by atoms with E-state index in [9.17, 15) is 26.8 Å². The minimum atomic E-state index is -3.36. The molecule has 5 rings (SSSR count). The van der Waals surface area contributed by atoms with Crippen LogP contribution in [0.25, 0.3) is 22.0 Å². The Balaban J connectivity index is 0.000000470. The summed E-state index contributed by atoms with van der Waals surface area (Å²) >= 11 is 0. The number of hydrogen-bond donors (Lipinski definition) is 4. The number of amides is 2. The summed E-state index contributed by atoms with van der Waals surface area (Å²) in [7, 11) is -3.17. The smallest absolute Gasteiger partial charge is 0.321 e. The van der Waals surface area contributed by atoms with Gasteiger partial charge in [-0.25, -0.2) is 12.7 Å². The van der Waals surface area contributed by atoms with Gasteiger partial charge in [0.2, 0.25) is 10.0 Å². The molecular weight excluding hydrogens is 540 g/mol. The van der Waals surface area contributed by atoms with Crippen LogP contribution in [0.3, 0.4) is 0 Å². The number of nitrogens with zero attached hydrogens (tertiary/aromatic N) is 1. The summed E-state index contributed by atoms with van der Waals surface area (Å²) in [5.41, 5.74) is 17.0. The maximum absolute atomic E-state index is 12.3. The number of fused-ring (bicyclic) bond motifs is 2.